The first-order valence-electron chi connectivity index (χ1n) is 5.55. The number of benzene rings is 1. The highest BCUT2D eigenvalue weighted by atomic mass is 79.9. The van der Waals surface area contributed by atoms with Crippen molar-refractivity contribution >= 4 is 21.6 Å². The van der Waals surface area contributed by atoms with Crippen molar-refractivity contribution in [2.24, 2.45) is 0 Å². The van der Waals surface area contributed by atoms with Gasteiger partial charge in [0.25, 0.3) is 0 Å². The summed E-state index contributed by atoms with van der Waals surface area (Å²) in [5.74, 6) is -0.227. The molecule has 0 heterocycles. The van der Waals surface area contributed by atoms with Crippen LogP contribution in [0, 0.1) is 5.82 Å². The fraction of sp³-hybridized carbons (Fsp3) is 0.500. The van der Waals surface area contributed by atoms with Gasteiger partial charge in [-0.25, -0.2) is 4.39 Å². The highest BCUT2D eigenvalue weighted by molar-refractivity contribution is 9.10. The number of halogens is 2. The first-order valence-corrected chi connectivity index (χ1v) is 6.34. The summed E-state index contributed by atoms with van der Waals surface area (Å²) in [4.78, 5) is 0. The molecule has 16 heavy (non-hydrogen) atoms. The van der Waals surface area contributed by atoms with E-state index in [0.29, 0.717) is 5.69 Å². The van der Waals surface area contributed by atoms with Crippen LogP contribution in [-0.4, -0.2) is 17.3 Å². The van der Waals surface area contributed by atoms with Crippen LogP contribution in [0.5, 0.6) is 0 Å². The molecule has 0 aliphatic heterocycles. The third kappa shape index (κ3) is 2.95. The first-order chi connectivity index (χ1) is 7.65. The van der Waals surface area contributed by atoms with Gasteiger partial charge in [0.2, 0.25) is 0 Å². The topological polar surface area (TPSA) is 32.3 Å². The van der Waals surface area contributed by atoms with Crippen molar-refractivity contribution in [3.8, 4) is 0 Å². The van der Waals surface area contributed by atoms with Gasteiger partial charge >= 0.3 is 0 Å². The SMILES string of the molecule is OC1CCC(Nc2cc(Br)ccc2F)CC1. The Morgan fingerprint density at radius 2 is 1.94 bits per heavy atom. The molecule has 0 atom stereocenters. The molecule has 1 aliphatic rings. The minimum absolute atomic E-state index is 0.176. The number of hydrogen-bond donors (Lipinski definition) is 2. The van der Waals surface area contributed by atoms with E-state index >= 15 is 0 Å². The molecule has 2 rings (SSSR count). The van der Waals surface area contributed by atoms with Crippen molar-refractivity contribution in [2.45, 2.75) is 37.8 Å². The maximum Gasteiger partial charge on any atom is 0.146 e. The lowest BCUT2D eigenvalue weighted by atomic mass is 9.93. The molecule has 2 nitrogen and oxygen atoms in total. The summed E-state index contributed by atoms with van der Waals surface area (Å²) in [5.41, 5.74) is 0.538. The second-order valence-corrected chi connectivity index (χ2v) is 5.19. The quantitative estimate of drug-likeness (QED) is 0.875. The van der Waals surface area contributed by atoms with Gasteiger partial charge < -0.3 is 10.4 Å². The molecule has 1 saturated carbocycles. The van der Waals surface area contributed by atoms with E-state index in [4.69, 9.17) is 0 Å². The summed E-state index contributed by atoms with van der Waals surface area (Å²) < 4.78 is 14.3. The third-order valence-corrected chi connectivity index (χ3v) is 3.48. The zero-order valence-electron chi connectivity index (χ0n) is 8.92. The number of aliphatic hydroxyl groups is 1. The van der Waals surface area contributed by atoms with Crippen LogP contribution in [0.25, 0.3) is 0 Å². The van der Waals surface area contributed by atoms with Crippen LogP contribution >= 0.6 is 15.9 Å². The van der Waals surface area contributed by atoms with Crippen molar-refractivity contribution < 1.29 is 9.50 Å². The van der Waals surface area contributed by atoms with Gasteiger partial charge in [0.1, 0.15) is 5.82 Å². The standard InChI is InChI=1S/C12H15BrFNO/c13-8-1-6-11(14)12(7-8)15-9-2-4-10(16)5-3-9/h1,6-7,9-10,15-16H,2-5H2. The zero-order chi connectivity index (χ0) is 11.5. The van der Waals surface area contributed by atoms with Gasteiger partial charge in [0.15, 0.2) is 0 Å². The normalized spacial score (nSPS) is 25.4. The molecular formula is C12H15BrFNO. The number of nitrogens with one attached hydrogen (secondary N) is 1. The molecule has 0 aromatic heterocycles. The summed E-state index contributed by atoms with van der Waals surface area (Å²) in [5, 5.41) is 12.6. The van der Waals surface area contributed by atoms with Crippen LogP contribution in [0.3, 0.4) is 0 Å². The van der Waals surface area contributed by atoms with Crippen molar-refractivity contribution in [3.05, 3.63) is 28.5 Å². The molecule has 2 N–H and O–H groups in total. The molecule has 0 unspecified atom stereocenters. The van der Waals surface area contributed by atoms with E-state index < -0.39 is 0 Å². The van der Waals surface area contributed by atoms with E-state index in [1.807, 2.05) is 0 Å². The molecule has 4 heteroatoms. The smallest absolute Gasteiger partial charge is 0.146 e. The molecule has 1 fully saturated rings. The van der Waals surface area contributed by atoms with Crippen molar-refractivity contribution in [2.75, 3.05) is 5.32 Å². The van der Waals surface area contributed by atoms with E-state index in [1.54, 1.807) is 12.1 Å². The maximum atomic E-state index is 13.5. The number of hydrogen-bond acceptors (Lipinski definition) is 2. The van der Waals surface area contributed by atoms with E-state index in [0.717, 1.165) is 30.2 Å². The summed E-state index contributed by atoms with van der Waals surface area (Å²) in [6, 6.07) is 5.16. The van der Waals surface area contributed by atoms with Crippen LogP contribution in [0.15, 0.2) is 22.7 Å². The second kappa shape index (κ2) is 5.15. The number of aliphatic hydroxyl groups excluding tert-OH is 1. The van der Waals surface area contributed by atoms with Crippen molar-refractivity contribution in [1.82, 2.24) is 0 Å². The Labute approximate surface area is 103 Å². The molecule has 1 aliphatic carbocycles. The Kier molecular flexibility index (Phi) is 3.82. The van der Waals surface area contributed by atoms with E-state index in [9.17, 15) is 9.50 Å². The van der Waals surface area contributed by atoms with E-state index in [1.165, 1.54) is 6.07 Å². The Hall–Kier alpha value is -0.610. The molecular weight excluding hydrogens is 273 g/mol. The van der Waals surface area contributed by atoms with Gasteiger partial charge in [-0.15, -0.1) is 0 Å². The summed E-state index contributed by atoms with van der Waals surface area (Å²) in [6.45, 7) is 0. The molecule has 0 spiro atoms. The average molecular weight is 288 g/mol. The number of rotatable bonds is 2. The van der Waals surface area contributed by atoms with Gasteiger partial charge in [-0.1, -0.05) is 15.9 Å². The minimum atomic E-state index is -0.227. The minimum Gasteiger partial charge on any atom is -0.393 e. The summed E-state index contributed by atoms with van der Waals surface area (Å²) in [6.07, 6.45) is 3.21. The molecule has 0 saturated heterocycles. The molecule has 1 aromatic carbocycles. The van der Waals surface area contributed by atoms with E-state index in [-0.39, 0.29) is 18.0 Å². The molecule has 0 bridgehead atoms. The fourth-order valence-corrected chi connectivity index (χ4v) is 2.41. The van der Waals surface area contributed by atoms with Crippen molar-refractivity contribution in [3.63, 3.8) is 0 Å². The molecule has 0 radical (unpaired) electrons. The summed E-state index contributed by atoms with van der Waals surface area (Å²) in [7, 11) is 0. The Morgan fingerprint density at radius 1 is 1.25 bits per heavy atom. The number of anilines is 1. The lowest BCUT2D eigenvalue weighted by molar-refractivity contribution is 0.126. The van der Waals surface area contributed by atoms with Crippen LogP contribution in [-0.2, 0) is 0 Å². The lowest BCUT2D eigenvalue weighted by Gasteiger charge is -2.27. The highest BCUT2D eigenvalue weighted by Gasteiger charge is 2.19. The van der Waals surface area contributed by atoms with Crippen molar-refractivity contribution in [1.29, 1.82) is 0 Å². The average Bonchev–Trinajstić information content (AvgIpc) is 2.27. The summed E-state index contributed by atoms with van der Waals surface area (Å²) >= 11 is 3.32. The Balaban J connectivity index is 2.00. The largest absolute Gasteiger partial charge is 0.393 e. The van der Waals surface area contributed by atoms with Crippen LogP contribution < -0.4 is 5.32 Å². The zero-order valence-corrected chi connectivity index (χ0v) is 10.5. The van der Waals surface area contributed by atoms with Crippen LogP contribution in [0.1, 0.15) is 25.7 Å². The Bertz CT molecular complexity index is 364. The highest BCUT2D eigenvalue weighted by Crippen LogP contribution is 2.25. The lowest BCUT2D eigenvalue weighted by Crippen LogP contribution is -2.28. The Morgan fingerprint density at radius 3 is 2.62 bits per heavy atom. The first kappa shape index (κ1) is 11.9. The third-order valence-electron chi connectivity index (χ3n) is 2.98. The van der Waals surface area contributed by atoms with Gasteiger partial charge in [-0.05, 0) is 43.9 Å². The van der Waals surface area contributed by atoms with Gasteiger partial charge in [-0.3, -0.25) is 0 Å². The van der Waals surface area contributed by atoms with Gasteiger partial charge in [0.05, 0.1) is 11.8 Å². The molecule has 88 valence electrons. The fourth-order valence-electron chi connectivity index (χ4n) is 2.05. The monoisotopic (exact) mass is 287 g/mol. The van der Waals surface area contributed by atoms with Crippen LogP contribution in [0.2, 0.25) is 0 Å². The van der Waals surface area contributed by atoms with Gasteiger partial charge in [0, 0.05) is 10.5 Å². The molecule has 0 amide bonds. The maximum absolute atomic E-state index is 13.5. The second-order valence-electron chi connectivity index (χ2n) is 4.27. The van der Waals surface area contributed by atoms with Gasteiger partial charge in [-0.2, -0.15) is 0 Å². The van der Waals surface area contributed by atoms with E-state index in [2.05, 4.69) is 21.2 Å². The van der Waals surface area contributed by atoms with Crippen LogP contribution in [0.4, 0.5) is 10.1 Å². The molecule has 1 aromatic rings. The predicted octanol–water partition coefficient (Wildman–Crippen LogP) is 3.30. The predicted molar refractivity (Wildman–Crippen MR) is 66.0 cm³/mol.